The van der Waals surface area contributed by atoms with E-state index in [-0.39, 0.29) is 35.6 Å². The summed E-state index contributed by atoms with van der Waals surface area (Å²) in [6.07, 6.45) is 3.34. The zero-order valence-corrected chi connectivity index (χ0v) is 22.8. The first kappa shape index (κ1) is 29.6. The highest BCUT2D eigenvalue weighted by Crippen LogP contribution is 2.41. The smallest absolute Gasteiger partial charge is 0.348 e. The number of aliphatic hydroxyl groups excluding tert-OH is 2. The topological polar surface area (TPSA) is 201 Å². The highest BCUT2D eigenvalue weighted by atomic mass is 35.5. The zero-order valence-electron chi connectivity index (χ0n) is 22.1. The minimum atomic E-state index is -2.75. The Morgan fingerprint density at radius 3 is 2.52 bits per heavy atom. The van der Waals surface area contributed by atoms with Crippen LogP contribution in [0.25, 0.3) is 11.2 Å². The first-order valence-corrected chi connectivity index (χ1v) is 13.4. The normalized spacial score (nSPS) is 24.0. The molecule has 222 valence electrons. The number of carbonyl (C=O) groups is 2. The number of nitrogens with zero attached hydrogens (tertiary/aromatic N) is 5. The molecule has 2 aliphatic rings. The molecule has 1 saturated carbocycles. The summed E-state index contributed by atoms with van der Waals surface area (Å²) in [6.45, 7) is -0.671. The lowest BCUT2D eigenvalue weighted by molar-refractivity contribution is -0.191. The molecule has 5 rings (SSSR count). The third-order valence-corrected chi connectivity index (χ3v) is 7.63. The van der Waals surface area contributed by atoms with Crippen LogP contribution in [0.15, 0.2) is 36.7 Å². The third kappa shape index (κ3) is 5.15. The summed E-state index contributed by atoms with van der Waals surface area (Å²) >= 11 is 6.23. The van der Waals surface area contributed by atoms with E-state index < -0.39 is 54.6 Å². The van der Waals surface area contributed by atoms with E-state index in [9.17, 15) is 35.1 Å². The quantitative estimate of drug-likeness (QED) is 0.107. The molecule has 5 N–H and O–H groups in total. The van der Waals surface area contributed by atoms with Gasteiger partial charge in [-0.15, -0.1) is 6.42 Å². The van der Waals surface area contributed by atoms with Crippen molar-refractivity contribution in [2.45, 2.75) is 54.9 Å². The minimum Gasteiger partial charge on any atom is -0.479 e. The van der Waals surface area contributed by atoms with Crippen molar-refractivity contribution in [1.29, 1.82) is 0 Å². The summed E-state index contributed by atoms with van der Waals surface area (Å²) in [7, 11) is 0. The van der Waals surface area contributed by atoms with Gasteiger partial charge < -0.3 is 39.9 Å². The van der Waals surface area contributed by atoms with Crippen LogP contribution in [0.1, 0.15) is 24.6 Å². The fraction of sp³-hybridized carbons (Fsp3) is 0.444. The molecule has 15 heteroatoms. The second kappa shape index (κ2) is 11.4. The van der Waals surface area contributed by atoms with Crippen LogP contribution in [0.2, 0.25) is 5.28 Å². The fourth-order valence-electron chi connectivity index (χ4n) is 5.05. The van der Waals surface area contributed by atoms with Gasteiger partial charge in [-0.3, -0.25) is 4.57 Å². The molecule has 2 fully saturated rings. The summed E-state index contributed by atoms with van der Waals surface area (Å²) < 4.78 is 12.7. The number of ether oxygens (including phenoxy) is 2. The predicted molar refractivity (Wildman–Crippen MR) is 146 cm³/mol. The summed E-state index contributed by atoms with van der Waals surface area (Å²) in [5, 5.41) is 51.7. The van der Waals surface area contributed by atoms with Gasteiger partial charge in [0.2, 0.25) is 5.28 Å². The summed E-state index contributed by atoms with van der Waals surface area (Å²) in [6, 6.07) is 8.15. The number of aromatic nitrogens is 4. The van der Waals surface area contributed by atoms with Crippen LogP contribution >= 0.6 is 11.6 Å². The average Bonchev–Trinajstić information content (AvgIpc) is 3.68. The number of carboxylic acid groups (broad SMARTS) is 2. The number of terminal acetylenes is 1. The molecule has 0 bridgehead atoms. The molecular formula is C27H28ClN5O9. The molecule has 0 amide bonds. The molecule has 14 nitrogen and oxygen atoms in total. The van der Waals surface area contributed by atoms with Gasteiger partial charge in [0.25, 0.3) is 5.60 Å². The van der Waals surface area contributed by atoms with E-state index in [1.54, 1.807) is 30.3 Å². The van der Waals surface area contributed by atoms with Crippen molar-refractivity contribution in [2.75, 3.05) is 24.7 Å². The van der Waals surface area contributed by atoms with E-state index in [2.05, 4.69) is 20.9 Å². The Kier molecular flexibility index (Phi) is 8.08. The minimum absolute atomic E-state index is 0.132. The molecule has 0 radical (unpaired) electrons. The lowest BCUT2D eigenvalue weighted by Gasteiger charge is -2.30. The van der Waals surface area contributed by atoms with Gasteiger partial charge in [0, 0.05) is 19.0 Å². The van der Waals surface area contributed by atoms with Gasteiger partial charge in [0.15, 0.2) is 28.8 Å². The fourth-order valence-corrected chi connectivity index (χ4v) is 5.21. The molecule has 3 aromatic rings. The zero-order chi connectivity index (χ0) is 30.2. The maximum absolute atomic E-state index is 12.2. The largest absolute Gasteiger partial charge is 0.479 e. The lowest BCUT2D eigenvalue weighted by atomic mass is 9.92. The van der Waals surface area contributed by atoms with Gasteiger partial charge in [0.05, 0.1) is 19.5 Å². The number of imidazole rings is 1. The highest BCUT2D eigenvalue weighted by molar-refractivity contribution is 6.28. The van der Waals surface area contributed by atoms with Crippen molar-refractivity contribution < 1.29 is 44.6 Å². The second-order valence-corrected chi connectivity index (χ2v) is 10.5. The number of aliphatic hydroxyl groups is 3. The number of anilines is 1. The molecule has 1 saturated heterocycles. The van der Waals surface area contributed by atoms with Crippen LogP contribution in [0.3, 0.4) is 0 Å². The van der Waals surface area contributed by atoms with Gasteiger partial charge in [0.1, 0.15) is 12.2 Å². The lowest BCUT2D eigenvalue weighted by Crippen LogP contribution is -2.55. The highest BCUT2D eigenvalue weighted by Gasteiger charge is 2.58. The standard InChI is InChI=1S/C27H28ClN5O9/c1-2-26(40)17(13-41-27(23(36)37,24(38)39)12-15-6-4-3-5-7-15)42-22(19(26)35)33-14-29-18-20(30-25(28)31-21(18)33)32(10-11-34)16-8-9-16/h1,3-7,14,16-17,19,22,34-35,40H,8-13H2,(H,36,37)(H,38,39)/t17?,19-,22+,26+/m0/s1. The molecule has 1 unspecified atom stereocenters. The van der Waals surface area contributed by atoms with Crippen LogP contribution < -0.4 is 4.90 Å². The number of rotatable bonds is 12. The van der Waals surface area contributed by atoms with Gasteiger partial charge in [-0.25, -0.2) is 14.6 Å². The van der Waals surface area contributed by atoms with Gasteiger partial charge in [-0.1, -0.05) is 36.3 Å². The first-order valence-electron chi connectivity index (χ1n) is 13.0. The van der Waals surface area contributed by atoms with E-state index in [0.717, 1.165) is 12.8 Å². The summed E-state index contributed by atoms with van der Waals surface area (Å²) in [5.74, 6) is -1.10. The van der Waals surface area contributed by atoms with Crippen molar-refractivity contribution in [2.24, 2.45) is 0 Å². The van der Waals surface area contributed by atoms with Crippen LogP contribution in [0.5, 0.6) is 0 Å². The van der Waals surface area contributed by atoms with Crippen molar-refractivity contribution >= 4 is 40.5 Å². The van der Waals surface area contributed by atoms with E-state index in [1.807, 2.05) is 4.90 Å². The van der Waals surface area contributed by atoms with E-state index in [0.29, 0.717) is 11.4 Å². The molecule has 3 heterocycles. The van der Waals surface area contributed by atoms with Crippen LogP contribution in [-0.4, -0.2) is 106 Å². The second-order valence-electron chi connectivity index (χ2n) is 10.1. The molecule has 2 aromatic heterocycles. The van der Waals surface area contributed by atoms with E-state index in [1.165, 1.54) is 10.9 Å². The Morgan fingerprint density at radius 1 is 1.24 bits per heavy atom. The van der Waals surface area contributed by atoms with Crippen molar-refractivity contribution in [1.82, 2.24) is 19.5 Å². The Morgan fingerprint density at radius 2 is 1.93 bits per heavy atom. The van der Waals surface area contributed by atoms with Crippen molar-refractivity contribution in [3.05, 3.63) is 47.5 Å². The van der Waals surface area contributed by atoms with Gasteiger partial charge in [-0.2, -0.15) is 9.97 Å². The Bertz CT molecular complexity index is 1510. The van der Waals surface area contributed by atoms with E-state index >= 15 is 0 Å². The maximum atomic E-state index is 12.2. The number of hydrogen-bond donors (Lipinski definition) is 5. The van der Waals surface area contributed by atoms with Gasteiger partial charge in [-0.05, 0) is 30.0 Å². The molecule has 4 atom stereocenters. The molecular weight excluding hydrogens is 574 g/mol. The Hall–Kier alpha value is -3.84. The molecule has 42 heavy (non-hydrogen) atoms. The third-order valence-electron chi connectivity index (χ3n) is 7.47. The van der Waals surface area contributed by atoms with Gasteiger partial charge >= 0.3 is 11.9 Å². The first-order chi connectivity index (χ1) is 20.1. The number of halogens is 1. The van der Waals surface area contributed by atoms with E-state index in [4.69, 9.17) is 27.5 Å². The summed E-state index contributed by atoms with van der Waals surface area (Å²) in [5.41, 5.74) is -4.38. The monoisotopic (exact) mass is 601 g/mol. The van der Waals surface area contributed by atoms with Crippen molar-refractivity contribution in [3.8, 4) is 12.3 Å². The van der Waals surface area contributed by atoms with Crippen LogP contribution in [-0.2, 0) is 25.5 Å². The number of fused-ring (bicyclic) bond motifs is 1. The van der Waals surface area contributed by atoms with Crippen LogP contribution in [0.4, 0.5) is 5.82 Å². The number of hydrogen-bond acceptors (Lipinski definition) is 11. The van der Waals surface area contributed by atoms with Crippen molar-refractivity contribution in [3.63, 3.8) is 0 Å². The summed E-state index contributed by atoms with van der Waals surface area (Å²) in [4.78, 5) is 39.2. The Labute approximate surface area is 244 Å². The number of benzene rings is 1. The average molecular weight is 602 g/mol. The van der Waals surface area contributed by atoms with Crippen LogP contribution in [0, 0.1) is 12.3 Å². The Balaban J connectivity index is 1.46. The number of carboxylic acids is 2. The predicted octanol–water partition coefficient (Wildman–Crippen LogP) is 0.231. The number of aliphatic carboxylic acids is 2. The molecule has 1 aliphatic heterocycles. The molecule has 1 aromatic carbocycles. The maximum Gasteiger partial charge on any atom is 0.348 e. The molecule has 0 spiro atoms. The SMILES string of the molecule is C#C[C@@]1(O)C(COC(Cc2ccccc2)(C(=O)O)C(=O)O)O[C@@H](n2cnc3c(N(CCO)C4CC4)nc(Cl)nc32)[C@@H]1O. The molecule has 1 aliphatic carbocycles.